The van der Waals surface area contributed by atoms with E-state index in [0.29, 0.717) is 0 Å². The number of rotatable bonds is 7. The van der Waals surface area contributed by atoms with E-state index < -0.39 is 0 Å². The number of allylic oxidation sites excluding steroid dienone is 8. The van der Waals surface area contributed by atoms with E-state index >= 15 is 0 Å². The van der Waals surface area contributed by atoms with Crippen LogP contribution in [0.2, 0.25) is 0 Å². The van der Waals surface area contributed by atoms with Crippen LogP contribution in [0.3, 0.4) is 0 Å². The van der Waals surface area contributed by atoms with E-state index in [-0.39, 0.29) is 0 Å². The monoisotopic (exact) mass is 463 g/mol. The van der Waals surface area contributed by atoms with Crippen LogP contribution in [0.15, 0.2) is 78.4 Å². The van der Waals surface area contributed by atoms with Gasteiger partial charge in [-0.05, 0) is 80.3 Å². The average Bonchev–Trinajstić information content (AvgIpc) is 2.99. The lowest BCUT2D eigenvalue weighted by Crippen LogP contribution is -2.01. The molecule has 0 amide bonds. The molecule has 158 valence electrons. The van der Waals surface area contributed by atoms with Crippen molar-refractivity contribution in [1.29, 1.82) is 0 Å². The summed E-state index contributed by atoms with van der Waals surface area (Å²) in [4.78, 5) is 0. The van der Waals surface area contributed by atoms with Crippen molar-refractivity contribution >= 4 is 33.7 Å². The molecule has 0 radical (unpaired) electrons. The van der Waals surface area contributed by atoms with Crippen molar-refractivity contribution in [2.45, 2.75) is 41.5 Å². The third kappa shape index (κ3) is 5.96. The first-order valence-electron chi connectivity index (χ1n) is 10.4. The van der Waals surface area contributed by atoms with Gasteiger partial charge in [0.15, 0.2) is 0 Å². The minimum atomic E-state index is 1.05. The molecule has 2 aromatic rings. The number of hydrogen-bond donors (Lipinski definition) is 0. The Morgan fingerprint density at radius 2 is 1.43 bits per heavy atom. The van der Waals surface area contributed by atoms with E-state index in [0.717, 1.165) is 21.5 Å². The normalized spacial score (nSPS) is 11.9. The van der Waals surface area contributed by atoms with Gasteiger partial charge in [-0.15, -0.1) is 0 Å². The molecule has 0 saturated carbocycles. The minimum Gasteiger partial charge on any atom is -0.310 e. The Kier molecular flexibility index (Phi) is 10.9. The third-order valence-corrected chi connectivity index (χ3v) is 5.18. The molecular formula is C28H34BrN. The minimum absolute atomic E-state index is 1.05. The molecular weight excluding hydrogens is 430 g/mol. The van der Waals surface area contributed by atoms with Crippen LogP contribution in [0.1, 0.15) is 55.8 Å². The molecule has 0 fully saturated rings. The standard InChI is InChI=1S/C26H28BrN.C2H6/c1-7-11-14-25-19(5)20(6)26(15-12-8-2)28(25)24-17-22(16-23(27)18-24)21(10-4)13-9-3;1-2/h7-18H,1-2H2,3-6H3;1-2H3/b13-9-,14-11-,15-12-,21-10+;. The Morgan fingerprint density at radius 1 is 0.900 bits per heavy atom. The Balaban J connectivity index is 0.00000218. The van der Waals surface area contributed by atoms with Gasteiger partial charge in [0.05, 0.1) is 0 Å². The van der Waals surface area contributed by atoms with E-state index in [1.807, 2.05) is 45.1 Å². The summed E-state index contributed by atoms with van der Waals surface area (Å²) in [6.07, 6.45) is 18.1. The molecule has 0 bridgehead atoms. The second-order valence-corrected chi connectivity index (χ2v) is 7.40. The predicted octanol–water partition coefficient (Wildman–Crippen LogP) is 9.26. The summed E-state index contributed by atoms with van der Waals surface area (Å²) in [5, 5.41) is 0. The van der Waals surface area contributed by atoms with Crippen LogP contribution >= 0.6 is 15.9 Å². The van der Waals surface area contributed by atoms with Gasteiger partial charge in [0.25, 0.3) is 0 Å². The molecule has 0 atom stereocenters. The molecule has 0 aliphatic rings. The van der Waals surface area contributed by atoms with E-state index in [2.05, 4.69) is 103 Å². The van der Waals surface area contributed by atoms with Crippen LogP contribution in [0.4, 0.5) is 0 Å². The zero-order valence-electron chi connectivity index (χ0n) is 19.2. The lowest BCUT2D eigenvalue weighted by atomic mass is 10.0. The summed E-state index contributed by atoms with van der Waals surface area (Å²) < 4.78 is 3.34. The lowest BCUT2D eigenvalue weighted by molar-refractivity contribution is 1.03. The average molecular weight is 464 g/mol. The van der Waals surface area contributed by atoms with E-state index in [1.165, 1.54) is 22.3 Å². The fourth-order valence-electron chi connectivity index (χ4n) is 3.25. The van der Waals surface area contributed by atoms with Crippen LogP contribution in [0.5, 0.6) is 0 Å². The van der Waals surface area contributed by atoms with Crippen LogP contribution in [0, 0.1) is 13.8 Å². The molecule has 1 heterocycles. The molecule has 0 aliphatic carbocycles. The predicted molar refractivity (Wildman–Crippen MR) is 141 cm³/mol. The SMILES string of the molecule is C=C/C=C\c1c(C)c(C)c(/C=C\C=C)n1-c1cc(Br)cc(C(/C=C\C)=C/C)c1.CC. The van der Waals surface area contributed by atoms with Gasteiger partial charge < -0.3 is 4.57 Å². The second kappa shape index (κ2) is 12.9. The van der Waals surface area contributed by atoms with Crippen molar-refractivity contribution in [1.82, 2.24) is 4.57 Å². The first kappa shape index (κ1) is 25.5. The van der Waals surface area contributed by atoms with Gasteiger partial charge in [0.1, 0.15) is 0 Å². The molecule has 0 spiro atoms. The Bertz CT molecular complexity index is 953. The molecule has 0 aliphatic heterocycles. The number of hydrogen-bond acceptors (Lipinski definition) is 0. The number of benzene rings is 1. The molecule has 2 heteroatoms. The summed E-state index contributed by atoms with van der Waals surface area (Å²) in [6.45, 7) is 20.1. The van der Waals surface area contributed by atoms with E-state index in [4.69, 9.17) is 0 Å². The third-order valence-electron chi connectivity index (χ3n) is 4.72. The van der Waals surface area contributed by atoms with Crippen LogP contribution < -0.4 is 0 Å². The summed E-state index contributed by atoms with van der Waals surface area (Å²) in [7, 11) is 0. The molecule has 30 heavy (non-hydrogen) atoms. The molecule has 0 unspecified atom stereocenters. The van der Waals surface area contributed by atoms with Crippen molar-refractivity contribution in [3.63, 3.8) is 0 Å². The zero-order valence-corrected chi connectivity index (χ0v) is 20.8. The smallest absolute Gasteiger partial charge is 0.0494 e. The number of nitrogens with zero attached hydrogens (tertiary/aromatic N) is 1. The summed E-state index contributed by atoms with van der Waals surface area (Å²) in [5.74, 6) is 0. The highest BCUT2D eigenvalue weighted by Gasteiger charge is 2.16. The quantitative estimate of drug-likeness (QED) is 0.360. The van der Waals surface area contributed by atoms with Gasteiger partial charge in [-0.25, -0.2) is 0 Å². The maximum atomic E-state index is 3.82. The molecule has 1 aromatic heterocycles. The molecule has 1 nitrogen and oxygen atoms in total. The number of aromatic nitrogens is 1. The first-order valence-corrected chi connectivity index (χ1v) is 11.2. The van der Waals surface area contributed by atoms with Gasteiger partial charge in [0, 0.05) is 21.5 Å². The summed E-state index contributed by atoms with van der Waals surface area (Å²) in [5.41, 5.74) is 8.28. The fraction of sp³-hybridized carbons (Fsp3) is 0.214. The second-order valence-electron chi connectivity index (χ2n) is 6.49. The molecule has 0 N–H and O–H groups in total. The van der Waals surface area contributed by atoms with Crippen molar-refractivity contribution in [3.05, 3.63) is 106 Å². The van der Waals surface area contributed by atoms with Crippen LogP contribution in [0.25, 0.3) is 23.4 Å². The Labute approximate surface area is 191 Å². The van der Waals surface area contributed by atoms with Crippen molar-refractivity contribution in [2.75, 3.05) is 0 Å². The fourth-order valence-corrected chi connectivity index (χ4v) is 3.73. The van der Waals surface area contributed by atoms with E-state index in [1.54, 1.807) is 0 Å². The first-order chi connectivity index (χ1) is 14.5. The highest BCUT2D eigenvalue weighted by Crippen LogP contribution is 2.32. The highest BCUT2D eigenvalue weighted by atomic mass is 79.9. The topological polar surface area (TPSA) is 4.93 Å². The Morgan fingerprint density at radius 3 is 1.87 bits per heavy atom. The zero-order chi connectivity index (χ0) is 22.7. The van der Waals surface area contributed by atoms with Gasteiger partial charge in [-0.2, -0.15) is 0 Å². The van der Waals surface area contributed by atoms with Crippen molar-refractivity contribution in [2.24, 2.45) is 0 Å². The maximum Gasteiger partial charge on any atom is 0.0494 e. The largest absolute Gasteiger partial charge is 0.310 e. The summed E-state index contributed by atoms with van der Waals surface area (Å²) >= 11 is 3.71. The van der Waals surface area contributed by atoms with Gasteiger partial charge in [-0.3, -0.25) is 0 Å². The Hall–Kier alpha value is -2.58. The van der Waals surface area contributed by atoms with Crippen molar-refractivity contribution in [3.8, 4) is 5.69 Å². The lowest BCUT2D eigenvalue weighted by Gasteiger charge is -2.14. The van der Waals surface area contributed by atoms with Crippen LogP contribution in [-0.4, -0.2) is 4.57 Å². The molecule has 1 aromatic carbocycles. The van der Waals surface area contributed by atoms with E-state index in [9.17, 15) is 0 Å². The van der Waals surface area contributed by atoms with Crippen molar-refractivity contribution < 1.29 is 0 Å². The summed E-state index contributed by atoms with van der Waals surface area (Å²) in [6, 6.07) is 6.54. The molecule has 2 rings (SSSR count). The van der Waals surface area contributed by atoms with Gasteiger partial charge in [0.2, 0.25) is 0 Å². The van der Waals surface area contributed by atoms with Gasteiger partial charge in [-0.1, -0.05) is 85.5 Å². The highest BCUT2D eigenvalue weighted by molar-refractivity contribution is 9.10. The maximum absolute atomic E-state index is 3.82. The number of halogens is 1. The molecule has 0 saturated heterocycles. The van der Waals surface area contributed by atoms with Crippen LogP contribution in [-0.2, 0) is 0 Å². The van der Waals surface area contributed by atoms with Gasteiger partial charge >= 0.3 is 0 Å².